The van der Waals surface area contributed by atoms with Gasteiger partial charge in [0.2, 0.25) is 5.91 Å². The predicted octanol–water partition coefficient (Wildman–Crippen LogP) is 3.34. The summed E-state index contributed by atoms with van der Waals surface area (Å²) < 4.78 is 0. The molecule has 0 radical (unpaired) electrons. The highest BCUT2D eigenvalue weighted by molar-refractivity contribution is 8.14. The molecule has 1 aliphatic heterocycles. The smallest absolute Gasteiger partial charge is 0.228 e. The highest BCUT2D eigenvalue weighted by Crippen LogP contribution is 2.33. The van der Waals surface area contributed by atoms with Crippen LogP contribution in [0.5, 0.6) is 0 Å². The number of aryl methyl sites for hydroxylation is 2. The van der Waals surface area contributed by atoms with Crippen LogP contribution in [0.25, 0.3) is 0 Å². The maximum atomic E-state index is 12.1. The van der Waals surface area contributed by atoms with E-state index in [4.69, 9.17) is 11.6 Å². The number of amides is 1. The van der Waals surface area contributed by atoms with Crippen molar-refractivity contribution in [1.29, 1.82) is 0 Å². The molecule has 1 amide bonds. The van der Waals surface area contributed by atoms with Gasteiger partial charge in [0.15, 0.2) is 5.12 Å². The zero-order valence-corrected chi connectivity index (χ0v) is 12.8. The molecule has 1 atom stereocenters. The second-order valence-corrected chi connectivity index (χ2v) is 6.71. The minimum Gasteiger partial charge on any atom is -0.311 e. The molecule has 1 unspecified atom stereocenters. The number of carbonyl (C=O) groups excluding carboxylic acids is 2. The fourth-order valence-electron chi connectivity index (χ4n) is 2.28. The molecule has 3 nitrogen and oxygen atoms in total. The van der Waals surface area contributed by atoms with Crippen LogP contribution >= 0.6 is 23.4 Å². The minimum atomic E-state index is 0.0559. The Balaban J connectivity index is 2.25. The first-order valence-corrected chi connectivity index (χ1v) is 7.38. The Morgan fingerprint density at radius 3 is 2.68 bits per heavy atom. The Morgan fingerprint density at radius 2 is 2.05 bits per heavy atom. The molecule has 1 heterocycles. The zero-order chi connectivity index (χ0) is 14.2. The van der Waals surface area contributed by atoms with E-state index in [1.807, 2.05) is 26.0 Å². The summed E-state index contributed by atoms with van der Waals surface area (Å²) in [7, 11) is 0. The second-order valence-electron chi connectivity index (χ2n) is 4.83. The topological polar surface area (TPSA) is 37.4 Å². The summed E-state index contributed by atoms with van der Waals surface area (Å²) in [6.07, 6.45) is 0.422. The normalized spacial score (nSPS) is 19.1. The first kappa shape index (κ1) is 14.4. The Labute approximate surface area is 122 Å². The van der Waals surface area contributed by atoms with Crippen molar-refractivity contribution in [1.82, 2.24) is 0 Å². The summed E-state index contributed by atoms with van der Waals surface area (Å²) in [5.74, 6) is 0.0728. The van der Waals surface area contributed by atoms with E-state index in [9.17, 15) is 9.59 Å². The summed E-state index contributed by atoms with van der Waals surface area (Å²) in [4.78, 5) is 25.0. The van der Waals surface area contributed by atoms with Gasteiger partial charge >= 0.3 is 0 Å². The molecule has 1 saturated heterocycles. The second kappa shape index (κ2) is 5.55. The molecule has 5 heteroatoms. The maximum absolute atomic E-state index is 12.1. The molecule has 0 bridgehead atoms. The van der Waals surface area contributed by atoms with Crippen LogP contribution in [0.2, 0.25) is 5.02 Å². The van der Waals surface area contributed by atoms with E-state index in [1.54, 1.807) is 4.90 Å². The molecule has 1 aromatic rings. The molecule has 1 fully saturated rings. The van der Waals surface area contributed by atoms with Crippen LogP contribution < -0.4 is 4.90 Å². The van der Waals surface area contributed by atoms with Gasteiger partial charge in [0.05, 0.1) is 0 Å². The average molecular weight is 298 g/mol. The number of thioether (sulfide) groups is 1. The van der Waals surface area contributed by atoms with Gasteiger partial charge in [0.1, 0.15) is 0 Å². The minimum absolute atomic E-state index is 0.0559. The molecule has 1 aliphatic rings. The number of nitrogens with zero attached hydrogens (tertiary/aromatic N) is 1. The van der Waals surface area contributed by atoms with Gasteiger partial charge in [-0.25, -0.2) is 0 Å². The van der Waals surface area contributed by atoms with Gasteiger partial charge in [0.25, 0.3) is 0 Å². The average Bonchev–Trinajstić information content (AvgIpc) is 2.63. The quantitative estimate of drug-likeness (QED) is 0.840. The van der Waals surface area contributed by atoms with Crippen LogP contribution in [0.15, 0.2) is 12.1 Å². The van der Waals surface area contributed by atoms with Gasteiger partial charge < -0.3 is 4.90 Å². The van der Waals surface area contributed by atoms with Crippen LogP contribution in [-0.4, -0.2) is 22.8 Å². The van der Waals surface area contributed by atoms with Gasteiger partial charge in [-0.05, 0) is 37.1 Å². The van der Waals surface area contributed by atoms with Crippen LogP contribution in [0, 0.1) is 13.8 Å². The third-order valence-corrected chi connectivity index (χ3v) is 4.58. The number of hydrogen-bond acceptors (Lipinski definition) is 3. The van der Waals surface area contributed by atoms with Crippen molar-refractivity contribution in [2.75, 3.05) is 11.4 Å². The van der Waals surface area contributed by atoms with Crippen molar-refractivity contribution in [3.05, 3.63) is 28.3 Å². The molecule has 0 aliphatic carbocycles. The predicted molar refractivity (Wildman–Crippen MR) is 80.0 cm³/mol. The van der Waals surface area contributed by atoms with Crippen molar-refractivity contribution < 1.29 is 9.59 Å². The molecule has 102 valence electrons. The summed E-state index contributed by atoms with van der Waals surface area (Å²) in [5.41, 5.74) is 2.84. The number of hydrogen-bond donors (Lipinski definition) is 0. The molecule has 19 heavy (non-hydrogen) atoms. The van der Waals surface area contributed by atoms with E-state index in [0.29, 0.717) is 18.0 Å². The van der Waals surface area contributed by atoms with Crippen LogP contribution in [0.1, 0.15) is 24.5 Å². The van der Waals surface area contributed by atoms with E-state index in [2.05, 4.69) is 0 Å². The summed E-state index contributed by atoms with van der Waals surface area (Å²) in [5, 5.41) is 0.826. The monoisotopic (exact) mass is 297 g/mol. The SMILES string of the molecule is CC(=O)SC1CC(=O)N(c2cc(C)c(Cl)cc2C)C1. The lowest BCUT2D eigenvalue weighted by Gasteiger charge is -2.20. The number of halogens is 1. The third-order valence-electron chi connectivity index (χ3n) is 3.19. The first-order chi connectivity index (χ1) is 8.88. The Morgan fingerprint density at radius 1 is 1.37 bits per heavy atom. The number of carbonyl (C=O) groups is 2. The zero-order valence-electron chi connectivity index (χ0n) is 11.2. The van der Waals surface area contributed by atoms with E-state index >= 15 is 0 Å². The molecule has 0 aromatic heterocycles. The Hall–Kier alpha value is -1.00. The summed E-state index contributed by atoms with van der Waals surface area (Å²) >= 11 is 7.32. The van der Waals surface area contributed by atoms with Crippen LogP contribution in [0.4, 0.5) is 5.69 Å². The molecule has 1 aromatic carbocycles. The molecular formula is C14H16ClNO2S. The lowest BCUT2D eigenvalue weighted by atomic mass is 10.1. The van der Waals surface area contributed by atoms with Crippen molar-refractivity contribution in [3.63, 3.8) is 0 Å². The van der Waals surface area contributed by atoms with Gasteiger partial charge in [-0.2, -0.15) is 0 Å². The Bertz CT molecular complexity index is 544. The number of anilines is 1. The largest absolute Gasteiger partial charge is 0.311 e. The number of benzene rings is 1. The van der Waals surface area contributed by atoms with Crippen molar-refractivity contribution >= 4 is 40.1 Å². The van der Waals surface area contributed by atoms with E-state index < -0.39 is 0 Å². The standard InChI is InChI=1S/C14H16ClNO2S/c1-8-5-13(9(2)4-12(8)15)16-7-11(6-14(16)18)19-10(3)17/h4-5,11H,6-7H2,1-3H3. The Kier molecular flexibility index (Phi) is 4.21. The van der Waals surface area contributed by atoms with Gasteiger partial charge in [-0.15, -0.1) is 0 Å². The van der Waals surface area contributed by atoms with Gasteiger partial charge in [-0.1, -0.05) is 23.4 Å². The molecular weight excluding hydrogens is 282 g/mol. The lowest BCUT2D eigenvalue weighted by molar-refractivity contribution is -0.117. The fraction of sp³-hybridized carbons (Fsp3) is 0.429. The molecule has 2 rings (SSSR count). The van der Waals surface area contributed by atoms with Crippen molar-refractivity contribution in [2.45, 2.75) is 32.4 Å². The van der Waals surface area contributed by atoms with Gasteiger partial charge in [-0.3, -0.25) is 9.59 Å². The number of rotatable bonds is 2. The lowest BCUT2D eigenvalue weighted by Crippen LogP contribution is -2.25. The fourth-order valence-corrected chi connectivity index (χ4v) is 3.41. The molecule has 0 spiro atoms. The first-order valence-electron chi connectivity index (χ1n) is 6.13. The molecule has 0 N–H and O–H groups in total. The summed E-state index contributed by atoms with van der Waals surface area (Å²) in [6.45, 7) is 5.99. The van der Waals surface area contributed by atoms with E-state index in [0.717, 1.165) is 16.8 Å². The van der Waals surface area contributed by atoms with Crippen LogP contribution in [-0.2, 0) is 9.59 Å². The van der Waals surface area contributed by atoms with Crippen molar-refractivity contribution in [2.24, 2.45) is 0 Å². The van der Waals surface area contributed by atoms with Crippen LogP contribution in [0.3, 0.4) is 0 Å². The van der Waals surface area contributed by atoms with E-state index in [1.165, 1.54) is 18.7 Å². The van der Waals surface area contributed by atoms with Gasteiger partial charge in [0, 0.05) is 35.8 Å². The van der Waals surface area contributed by atoms with E-state index in [-0.39, 0.29) is 16.3 Å². The maximum Gasteiger partial charge on any atom is 0.228 e. The highest BCUT2D eigenvalue weighted by atomic mass is 35.5. The molecule has 0 saturated carbocycles. The van der Waals surface area contributed by atoms with Crippen molar-refractivity contribution in [3.8, 4) is 0 Å². The summed E-state index contributed by atoms with van der Waals surface area (Å²) in [6, 6.07) is 3.82. The third kappa shape index (κ3) is 3.12. The highest BCUT2D eigenvalue weighted by Gasteiger charge is 2.32.